The highest BCUT2D eigenvalue weighted by Crippen LogP contribution is 2.02. The van der Waals surface area contributed by atoms with Gasteiger partial charge in [-0.1, -0.05) is 13.8 Å². The Morgan fingerprint density at radius 3 is 2.75 bits per heavy atom. The summed E-state index contributed by atoms with van der Waals surface area (Å²) in [7, 11) is 0. The van der Waals surface area contributed by atoms with E-state index in [9.17, 15) is 4.79 Å². The first-order chi connectivity index (χ1) is 5.59. The minimum absolute atomic E-state index is 0.00532. The Morgan fingerprint density at radius 2 is 2.33 bits per heavy atom. The van der Waals surface area contributed by atoms with Gasteiger partial charge < -0.3 is 10.3 Å². The second-order valence-corrected chi connectivity index (χ2v) is 3.14. The first-order valence-electron chi connectivity index (χ1n) is 3.89. The van der Waals surface area contributed by atoms with Crippen molar-refractivity contribution in [2.75, 3.05) is 0 Å². The number of H-pyrrole nitrogens is 1. The number of nitrogens with one attached hydrogen (secondary N) is 1. The molecule has 0 bridgehead atoms. The van der Waals surface area contributed by atoms with Crippen molar-refractivity contribution >= 4 is 0 Å². The molecule has 0 aliphatic heterocycles. The summed E-state index contributed by atoms with van der Waals surface area (Å²) in [5, 5.41) is 2.41. The predicted molar refractivity (Wildman–Crippen MR) is 43.6 cm³/mol. The average Bonchev–Trinajstić information content (AvgIpc) is 2.35. The summed E-state index contributed by atoms with van der Waals surface area (Å²) in [6.45, 7) is 4.03. The Morgan fingerprint density at radius 1 is 1.67 bits per heavy atom. The fraction of sp³-hybridized carbons (Fsp3) is 0.714. The monoisotopic (exact) mass is 171 g/mol. The number of nitrogens with zero attached hydrogens (tertiary/aromatic N) is 1. The van der Waals surface area contributed by atoms with Gasteiger partial charge in [0, 0.05) is 12.5 Å². The van der Waals surface area contributed by atoms with E-state index in [2.05, 4.69) is 14.7 Å². The number of aromatic nitrogens is 2. The zero-order chi connectivity index (χ0) is 9.14. The molecule has 0 amide bonds. The van der Waals surface area contributed by atoms with Gasteiger partial charge in [0.25, 0.3) is 0 Å². The molecule has 1 aromatic rings. The van der Waals surface area contributed by atoms with Crippen molar-refractivity contribution in [3.05, 3.63) is 16.4 Å². The summed E-state index contributed by atoms with van der Waals surface area (Å²) in [6.07, 6.45) is 0.545. The van der Waals surface area contributed by atoms with Crippen LogP contribution in [0.4, 0.5) is 0 Å². The van der Waals surface area contributed by atoms with Crippen LogP contribution in [0.1, 0.15) is 19.7 Å². The van der Waals surface area contributed by atoms with E-state index < -0.39 is 5.76 Å². The van der Waals surface area contributed by atoms with Gasteiger partial charge in [0.2, 0.25) is 0 Å². The van der Waals surface area contributed by atoms with Gasteiger partial charge in [-0.15, -0.1) is 0 Å². The lowest BCUT2D eigenvalue weighted by molar-refractivity contribution is 0.376. The molecule has 0 aliphatic carbocycles. The van der Waals surface area contributed by atoms with Gasteiger partial charge in [-0.2, -0.15) is 4.98 Å². The minimum Gasteiger partial charge on any atom is -0.327 e. The molecule has 0 saturated carbocycles. The van der Waals surface area contributed by atoms with Crippen molar-refractivity contribution in [1.82, 2.24) is 10.1 Å². The normalized spacial score (nSPS) is 13.7. The molecule has 5 heteroatoms. The number of hydrogen-bond donors (Lipinski definition) is 2. The third-order valence-electron chi connectivity index (χ3n) is 1.77. The van der Waals surface area contributed by atoms with Gasteiger partial charge in [-0.3, -0.25) is 0 Å². The molecule has 0 saturated heterocycles. The lowest BCUT2D eigenvalue weighted by atomic mass is 10.0. The average molecular weight is 171 g/mol. The summed E-state index contributed by atoms with van der Waals surface area (Å²) in [4.78, 5) is 14.1. The van der Waals surface area contributed by atoms with Crippen molar-refractivity contribution in [1.29, 1.82) is 0 Å². The molecular weight excluding hydrogens is 158 g/mol. The van der Waals surface area contributed by atoms with Crippen molar-refractivity contribution in [2.24, 2.45) is 11.7 Å². The van der Waals surface area contributed by atoms with Crippen LogP contribution < -0.4 is 11.5 Å². The lowest BCUT2D eigenvalue weighted by Crippen LogP contribution is -2.29. The van der Waals surface area contributed by atoms with Crippen molar-refractivity contribution in [2.45, 2.75) is 26.3 Å². The molecule has 0 aromatic carbocycles. The number of nitrogens with two attached hydrogens (primary N) is 1. The Labute approximate surface area is 69.9 Å². The van der Waals surface area contributed by atoms with Crippen LogP contribution >= 0.6 is 0 Å². The summed E-state index contributed by atoms with van der Waals surface area (Å²) in [6, 6.07) is 0.00532. The fourth-order valence-electron chi connectivity index (χ4n) is 0.805. The smallest absolute Gasteiger partial charge is 0.327 e. The molecule has 5 nitrogen and oxygen atoms in total. The molecule has 0 unspecified atom stereocenters. The minimum atomic E-state index is -0.596. The third kappa shape index (κ3) is 2.20. The Hall–Kier alpha value is -1.10. The largest absolute Gasteiger partial charge is 0.459 e. The van der Waals surface area contributed by atoms with Gasteiger partial charge in [0.15, 0.2) is 0 Å². The fourth-order valence-corrected chi connectivity index (χ4v) is 0.805. The van der Waals surface area contributed by atoms with Crippen LogP contribution in [0.2, 0.25) is 0 Å². The summed E-state index contributed by atoms with van der Waals surface area (Å²) < 4.78 is 4.40. The molecule has 68 valence electrons. The second kappa shape index (κ2) is 3.53. The zero-order valence-electron chi connectivity index (χ0n) is 7.20. The van der Waals surface area contributed by atoms with E-state index >= 15 is 0 Å². The Kier molecular flexibility index (Phi) is 2.65. The summed E-state index contributed by atoms with van der Waals surface area (Å²) in [5.74, 6) is 0.285. The molecule has 1 rings (SSSR count). The maximum absolute atomic E-state index is 10.5. The van der Waals surface area contributed by atoms with E-state index in [1.54, 1.807) is 0 Å². The summed E-state index contributed by atoms with van der Waals surface area (Å²) in [5.41, 5.74) is 5.75. The van der Waals surface area contributed by atoms with Crippen LogP contribution in [0.5, 0.6) is 0 Å². The molecule has 12 heavy (non-hydrogen) atoms. The molecule has 3 N–H and O–H groups in total. The van der Waals surface area contributed by atoms with E-state index in [4.69, 9.17) is 5.73 Å². The second-order valence-electron chi connectivity index (χ2n) is 3.14. The van der Waals surface area contributed by atoms with Crippen molar-refractivity contribution in [3.63, 3.8) is 0 Å². The molecular formula is C7H13N3O2. The molecule has 1 atom stereocenters. The molecule has 0 spiro atoms. The van der Waals surface area contributed by atoms with Crippen LogP contribution in [0.15, 0.2) is 9.32 Å². The van der Waals surface area contributed by atoms with Crippen LogP contribution in [0.25, 0.3) is 0 Å². The maximum Gasteiger partial charge on any atom is 0.459 e. The highest BCUT2D eigenvalue weighted by Gasteiger charge is 2.11. The highest BCUT2D eigenvalue weighted by atomic mass is 16.5. The van der Waals surface area contributed by atoms with Crippen LogP contribution in [0, 0.1) is 5.92 Å². The molecule has 0 aliphatic rings. The van der Waals surface area contributed by atoms with E-state index in [0.717, 1.165) is 0 Å². The molecule has 1 heterocycles. The quantitative estimate of drug-likeness (QED) is 0.664. The highest BCUT2D eigenvalue weighted by molar-refractivity contribution is 4.84. The Bertz CT molecular complexity index is 289. The first-order valence-corrected chi connectivity index (χ1v) is 3.89. The SMILES string of the molecule is CC(C)[C@@H](N)Cc1nc(=O)o[nH]1. The number of aromatic amines is 1. The van der Waals surface area contributed by atoms with E-state index in [1.807, 2.05) is 13.8 Å². The van der Waals surface area contributed by atoms with Gasteiger partial charge in [0.1, 0.15) is 5.82 Å². The van der Waals surface area contributed by atoms with Crippen LogP contribution in [-0.4, -0.2) is 16.2 Å². The van der Waals surface area contributed by atoms with Crippen molar-refractivity contribution in [3.8, 4) is 0 Å². The molecule has 0 fully saturated rings. The first kappa shape index (κ1) is 8.99. The number of rotatable bonds is 3. The van der Waals surface area contributed by atoms with Gasteiger partial charge >= 0.3 is 5.76 Å². The van der Waals surface area contributed by atoms with E-state index in [-0.39, 0.29) is 6.04 Å². The molecule has 1 aromatic heterocycles. The zero-order valence-corrected chi connectivity index (χ0v) is 7.20. The van der Waals surface area contributed by atoms with Crippen molar-refractivity contribution < 1.29 is 4.52 Å². The van der Waals surface area contributed by atoms with E-state index in [0.29, 0.717) is 18.2 Å². The lowest BCUT2D eigenvalue weighted by Gasteiger charge is -2.12. The standard InChI is InChI=1S/C7H13N3O2/c1-4(2)5(8)3-6-9-7(11)12-10-6/h4-5H,3,8H2,1-2H3,(H,9,10,11)/t5-/m0/s1. The van der Waals surface area contributed by atoms with Gasteiger partial charge in [0.05, 0.1) is 0 Å². The summed E-state index contributed by atoms with van der Waals surface area (Å²) >= 11 is 0. The molecule has 0 radical (unpaired) electrons. The topological polar surface area (TPSA) is 84.9 Å². The van der Waals surface area contributed by atoms with Crippen LogP contribution in [0.3, 0.4) is 0 Å². The van der Waals surface area contributed by atoms with Crippen LogP contribution in [-0.2, 0) is 6.42 Å². The predicted octanol–water partition coefficient (Wildman–Crippen LogP) is -0.111. The Balaban J connectivity index is 2.58. The number of hydrogen-bond acceptors (Lipinski definition) is 4. The van der Waals surface area contributed by atoms with Gasteiger partial charge in [-0.25, -0.2) is 9.95 Å². The van der Waals surface area contributed by atoms with Gasteiger partial charge in [-0.05, 0) is 5.92 Å². The third-order valence-corrected chi connectivity index (χ3v) is 1.77. The maximum atomic E-state index is 10.5. The van der Waals surface area contributed by atoms with E-state index in [1.165, 1.54) is 0 Å².